The first kappa shape index (κ1) is 8.40. The maximum Gasteiger partial charge on any atom is 0.159 e. The minimum absolute atomic E-state index is 0.227. The number of aromatic nitrogens is 2. The van der Waals surface area contributed by atoms with Gasteiger partial charge in [0.1, 0.15) is 0 Å². The van der Waals surface area contributed by atoms with E-state index < -0.39 is 6.85 Å². The molecule has 1 aromatic heterocycles. The van der Waals surface area contributed by atoms with Gasteiger partial charge in [0.05, 0.1) is 5.69 Å². The summed E-state index contributed by atoms with van der Waals surface area (Å²) < 4.78 is 22.9. The summed E-state index contributed by atoms with van der Waals surface area (Å²) in [6.07, 6.45) is 1.43. The van der Waals surface area contributed by atoms with Crippen LogP contribution in [-0.2, 0) is 5.41 Å². The van der Waals surface area contributed by atoms with Crippen LogP contribution >= 0.6 is 0 Å². The van der Waals surface area contributed by atoms with Crippen LogP contribution in [0.25, 0.3) is 11.4 Å². The molecule has 0 spiro atoms. The zero-order chi connectivity index (χ0) is 15.0. The van der Waals surface area contributed by atoms with Gasteiger partial charge in [-0.1, -0.05) is 51.1 Å². The molecular weight excluding hydrogens is 208 g/mol. The maximum absolute atomic E-state index is 7.62. The summed E-state index contributed by atoms with van der Waals surface area (Å²) in [7, 11) is 0. The monoisotopic (exact) mass is 229 g/mol. The Balaban J connectivity index is 2.62. The van der Waals surface area contributed by atoms with Crippen LogP contribution in [0, 0.1) is 6.85 Å². The topological polar surface area (TPSA) is 25.8 Å². The van der Waals surface area contributed by atoms with Crippen LogP contribution in [-0.4, -0.2) is 9.97 Å². The van der Waals surface area contributed by atoms with Crippen LogP contribution in [0.2, 0.25) is 0 Å². The first-order valence-electron chi connectivity index (χ1n) is 7.13. The average molecular weight is 229 g/mol. The van der Waals surface area contributed by atoms with E-state index >= 15 is 0 Å². The molecule has 1 heterocycles. The highest BCUT2D eigenvalue weighted by Crippen LogP contribution is 2.25. The Morgan fingerprint density at radius 2 is 1.82 bits per heavy atom. The third kappa shape index (κ3) is 2.52. The summed E-state index contributed by atoms with van der Waals surface area (Å²) in [5, 5.41) is 0. The molecule has 0 atom stereocenters. The van der Waals surface area contributed by atoms with Crippen molar-refractivity contribution in [1.82, 2.24) is 9.97 Å². The smallest absolute Gasteiger partial charge is 0.159 e. The summed E-state index contributed by atoms with van der Waals surface area (Å²) in [6.45, 7) is 3.68. The molecule has 2 heteroatoms. The van der Waals surface area contributed by atoms with E-state index in [-0.39, 0.29) is 11.0 Å². The molecule has 2 aromatic rings. The lowest BCUT2D eigenvalue weighted by Crippen LogP contribution is -2.16. The second-order valence-electron chi connectivity index (χ2n) is 5.07. The molecule has 0 N–H and O–H groups in total. The van der Waals surface area contributed by atoms with E-state index in [9.17, 15) is 0 Å². The van der Waals surface area contributed by atoms with Crippen molar-refractivity contribution in [3.8, 4) is 11.4 Å². The van der Waals surface area contributed by atoms with E-state index in [1.54, 1.807) is 0 Å². The molecule has 0 aliphatic carbocycles. The second kappa shape index (κ2) is 4.28. The Labute approximate surface area is 107 Å². The second-order valence-corrected chi connectivity index (χ2v) is 5.07. The standard InChI is InChI=1S/C15H18N2/c1-11-10-16-14(12-8-6-5-7-9-12)17-13(11)15(2,3)4/h5-10H,1-4H3/i1D3. The average Bonchev–Trinajstić information content (AvgIpc) is 2.37. The molecule has 1 aromatic carbocycles. The summed E-state index contributed by atoms with van der Waals surface area (Å²) >= 11 is 0. The predicted molar refractivity (Wildman–Crippen MR) is 70.9 cm³/mol. The fourth-order valence-electron chi connectivity index (χ4n) is 1.68. The van der Waals surface area contributed by atoms with Crippen molar-refractivity contribution in [3.05, 3.63) is 47.8 Å². The number of hydrogen-bond donors (Lipinski definition) is 0. The summed E-state index contributed by atoms with van der Waals surface area (Å²) in [4.78, 5) is 8.73. The molecule has 0 saturated heterocycles. The quantitative estimate of drug-likeness (QED) is 0.744. The fraction of sp³-hybridized carbons (Fsp3) is 0.333. The van der Waals surface area contributed by atoms with E-state index in [4.69, 9.17) is 4.11 Å². The van der Waals surface area contributed by atoms with Gasteiger partial charge in [0.25, 0.3) is 0 Å². The Hall–Kier alpha value is -1.70. The zero-order valence-corrected chi connectivity index (χ0v) is 10.4. The molecule has 0 bridgehead atoms. The largest absolute Gasteiger partial charge is 0.236 e. The first-order chi connectivity index (χ1) is 9.19. The molecule has 17 heavy (non-hydrogen) atoms. The normalized spacial score (nSPS) is 14.9. The SMILES string of the molecule is [2H]C([2H])([2H])c1cnc(-c2ccccc2)nc1C(C)(C)C. The van der Waals surface area contributed by atoms with Gasteiger partial charge in [-0.25, -0.2) is 9.97 Å². The minimum Gasteiger partial charge on any atom is -0.236 e. The summed E-state index contributed by atoms with van der Waals surface area (Å²) in [6, 6.07) is 9.57. The molecule has 88 valence electrons. The van der Waals surface area contributed by atoms with Gasteiger partial charge in [-0.2, -0.15) is 0 Å². The van der Waals surface area contributed by atoms with Gasteiger partial charge in [0, 0.05) is 21.3 Å². The van der Waals surface area contributed by atoms with Gasteiger partial charge in [0.15, 0.2) is 5.82 Å². The number of hydrogen-bond acceptors (Lipinski definition) is 2. The highest BCUT2D eigenvalue weighted by molar-refractivity contribution is 5.55. The van der Waals surface area contributed by atoms with E-state index in [1.165, 1.54) is 6.20 Å². The molecule has 0 aliphatic rings. The lowest BCUT2D eigenvalue weighted by atomic mass is 9.89. The third-order valence-corrected chi connectivity index (χ3v) is 2.53. The van der Waals surface area contributed by atoms with E-state index in [1.807, 2.05) is 51.1 Å². The first-order valence-corrected chi connectivity index (χ1v) is 5.63. The van der Waals surface area contributed by atoms with Crippen molar-refractivity contribution in [1.29, 1.82) is 0 Å². The molecule has 0 unspecified atom stereocenters. The Kier molecular flexibility index (Phi) is 2.12. The van der Waals surface area contributed by atoms with Crippen LogP contribution < -0.4 is 0 Å². The van der Waals surface area contributed by atoms with Gasteiger partial charge in [0.2, 0.25) is 0 Å². The van der Waals surface area contributed by atoms with E-state index in [2.05, 4.69) is 9.97 Å². The predicted octanol–water partition coefficient (Wildman–Crippen LogP) is 3.75. The Morgan fingerprint density at radius 1 is 1.12 bits per heavy atom. The Bertz CT molecular complexity index is 599. The van der Waals surface area contributed by atoms with E-state index in [0.29, 0.717) is 11.5 Å². The van der Waals surface area contributed by atoms with Gasteiger partial charge in [-0.3, -0.25) is 0 Å². The van der Waals surface area contributed by atoms with Gasteiger partial charge >= 0.3 is 0 Å². The molecule has 0 radical (unpaired) electrons. The van der Waals surface area contributed by atoms with Crippen molar-refractivity contribution in [2.75, 3.05) is 0 Å². The van der Waals surface area contributed by atoms with Crippen molar-refractivity contribution in [2.24, 2.45) is 0 Å². The van der Waals surface area contributed by atoms with Crippen LogP contribution in [0.5, 0.6) is 0 Å². The molecule has 0 fully saturated rings. The van der Waals surface area contributed by atoms with Gasteiger partial charge < -0.3 is 0 Å². The van der Waals surface area contributed by atoms with Gasteiger partial charge in [-0.05, 0) is 12.4 Å². The summed E-state index contributed by atoms with van der Waals surface area (Å²) in [5.74, 6) is 0.559. The van der Waals surface area contributed by atoms with Crippen LogP contribution in [0.3, 0.4) is 0 Å². The van der Waals surface area contributed by atoms with Crippen molar-refractivity contribution >= 4 is 0 Å². The lowest BCUT2D eigenvalue weighted by Gasteiger charge is -2.20. The molecular formula is C15H18N2. The van der Waals surface area contributed by atoms with Crippen molar-refractivity contribution < 1.29 is 4.11 Å². The number of aryl methyl sites for hydroxylation is 1. The molecule has 2 nitrogen and oxygen atoms in total. The number of rotatable bonds is 1. The van der Waals surface area contributed by atoms with Gasteiger partial charge in [-0.15, -0.1) is 0 Å². The molecule has 0 amide bonds. The number of nitrogens with zero attached hydrogens (tertiary/aromatic N) is 2. The number of benzene rings is 1. The van der Waals surface area contributed by atoms with Crippen molar-refractivity contribution in [3.63, 3.8) is 0 Å². The zero-order valence-electron chi connectivity index (χ0n) is 13.4. The molecule has 0 saturated carbocycles. The van der Waals surface area contributed by atoms with E-state index in [0.717, 1.165) is 5.56 Å². The van der Waals surface area contributed by atoms with Crippen LogP contribution in [0.15, 0.2) is 36.5 Å². The highest BCUT2D eigenvalue weighted by atomic mass is 14.9. The fourth-order valence-corrected chi connectivity index (χ4v) is 1.68. The minimum atomic E-state index is -2.20. The molecule has 2 rings (SSSR count). The summed E-state index contributed by atoms with van der Waals surface area (Å²) in [5.41, 5.74) is 1.34. The third-order valence-electron chi connectivity index (χ3n) is 2.53. The Morgan fingerprint density at radius 3 is 2.41 bits per heavy atom. The molecule has 0 aliphatic heterocycles. The maximum atomic E-state index is 7.62. The lowest BCUT2D eigenvalue weighted by molar-refractivity contribution is 0.563. The van der Waals surface area contributed by atoms with Crippen LogP contribution in [0.1, 0.15) is 36.1 Å². The van der Waals surface area contributed by atoms with Crippen molar-refractivity contribution in [2.45, 2.75) is 33.0 Å². The highest BCUT2D eigenvalue weighted by Gasteiger charge is 2.19. The van der Waals surface area contributed by atoms with Crippen LogP contribution in [0.4, 0.5) is 0 Å².